The molecule has 3 N–H and O–H groups in total. The Morgan fingerprint density at radius 1 is 1.17 bits per heavy atom. The van der Waals surface area contributed by atoms with Gasteiger partial charge in [0.05, 0.1) is 23.8 Å². The van der Waals surface area contributed by atoms with E-state index in [2.05, 4.69) is 25.4 Å². The van der Waals surface area contributed by atoms with Crippen molar-refractivity contribution in [3.05, 3.63) is 65.6 Å². The average Bonchev–Trinajstić information content (AvgIpc) is 3.34. The number of aromatic nitrogens is 6. The molecule has 0 aliphatic carbocycles. The van der Waals surface area contributed by atoms with Gasteiger partial charge in [0.15, 0.2) is 11.6 Å². The lowest BCUT2D eigenvalue weighted by atomic mass is 10.1. The van der Waals surface area contributed by atoms with Gasteiger partial charge in [-0.25, -0.2) is 9.37 Å². The fourth-order valence-electron chi connectivity index (χ4n) is 3.29. The molecule has 0 fully saturated rings. The first-order valence-corrected chi connectivity index (χ1v) is 9.04. The van der Waals surface area contributed by atoms with Gasteiger partial charge in [0.2, 0.25) is 0 Å². The van der Waals surface area contributed by atoms with Gasteiger partial charge in [0, 0.05) is 28.6 Å². The predicted octanol–water partition coefficient (Wildman–Crippen LogP) is 3.53. The lowest BCUT2D eigenvalue weighted by molar-refractivity contribution is 0.226. The van der Waals surface area contributed by atoms with Gasteiger partial charge in [-0.15, -0.1) is 0 Å². The number of aryl methyl sites for hydroxylation is 2. The Morgan fingerprint density at radius 3 is 2.62 bits per heavy atom. The van der Waals surface area contributed by atoms with Crippen LogP contribution in [0.3, 0.4) is 0 Å². The van der Waals surface area contributed by atoms with E-state index in [9.17, 15) is 4.39 Å². The summed E-state index contributed by atoms with van der Waals surface area (Å²) in [6.07, 6.45) is 4.26. The highest BCUT2D eigenvalue weighted by Crippen LogP contribution is 2.34. The third-order valence-electron chi connectivity index (χ3n) is 4.66. The summed E-state index contributed by atoms with van der Waals surface area (Å²) in [6, 6.07) is 6.19. The molecule has 0 bridgehead atoms. The molecule has 4 rings (SSSR count). The van der Waals surface area contributed by atoms with Crippen molar-refractivity contribution in [2.24, 2.45) is 0 Å². The van der Waals surface area contributed by atoms with E-state index in [1.165, 1.54) is 16.9 Å². The normalized spacial score (nSPS) is 12.1. The summed E-state index contributed by atoms with van der Waals surface area (Å²) in [5.74, 6) is 0.268. The first kappa shape index (κ1) is 18.6. The van der Waals surface area contributed by atoms with Crippen LogP contribution in [-0.4, -0.2) is 30.2 Å². The van der Waals surface area contributed by atoms with Crippen molar-refractivity contribution in [2.75, 3.05) is 5.73 Å². The Kier molecular flexibility index (Phi) is 4.71. The molecule has 0 amide bonds. The zero-order valence-electron chi connectivity index (χ0n) is 16.2. The van der Waals surface area contributed by atoms with Gasteiger partial charge < -0.3 is 10.5 Å². The number of H-pyrrole nitrogens is 1. The van der Waals surface area contributed by atoms with Gasteiger partial charge in [-0.3, -0.25) is 5.10 Å². The van der Waals surface area contributed by atoms with Crippen LogP contribution < -0.4 is 10.5 Å². The van der Waals surface area contributed by atoms with Gasteiger partial charge in [0.1, 0.15) is 11.9 Å². The summed E-state index contributed by atoms with van der Waals surface area (Å²) < 4.78 is 20.0. The average molecular weight is 393 g/mol. The van der Waals surface area contributed by atoms with Crippen molar-refractivity contribution in [3.63, 3.8) is 0 Å². The maximum Gasteiger partial charge on any atom is 0.166 e. The second kappa shape index (κ2) is 7.34. The van der Waals surface area contributed by atoms with Crippen LogP contribution in [0.2, 0.25) is 0 Å². The van der Waals surface area contributed by atoms with Crippen LogP contribution in [0.4, 0.5) is 10.2 Å². The minimum atomic E-state index is -0.530. The molecule has 9 heteroatoms. The van der Waals surface area contributed by atoms with Crippen LogP contribution in [-0.2, 0) is 0 Å². The molecule has 0 aliphatic heterocycles. The Morgan fingerprint density at radius 2 is 1.93 bits per heavy atom. The summed E-state index contributed by atoms with van der Waals surface area (Å²) in [5.41, 5.74) is 10.8. The molecular formula is C20H20FN7O. The number of hydrogen-bond acceptors (Lipinski definition) is 6. The first-order chi connectivity index (χ1) is 13.9. The molecule has 4 aromatic rings. The number of nitrogens with zero attached hydrogens (tertiary/aromatic N) is 5. The van der Waals surface area contributed by atoms with Crippen LogP contribution in [0.15, 0.2) is 42.9 Å². The van der Waals surface area contributed by atoms with E-state index < -0.39 is 6.10 Å². The number of nitrogens with two attached hydrogens (primary N) is 1. The molecule has 3 aromatic heterocycles. The summed E-state index contributed by atoms with van der Waals surface area (Å²) in [4.78, 5) is 5.68. The molecule has 0 saturated carbocycles. The largest absolute Gasteiger partial charge is 0.482 e. The Hall–Kier alpha value is -3.75. The van der Waals surface area contributed by atoms with Crippen molar-refractivity contribution >= 4 is 5.82 Å². The summed E-state index contributed by atoms with van der Waals surface area (Å²) in [5, 5.41) is 15.4. The van der Waals surface area contributed by atoms with E-state index >= 15 is 0 Å². The number of anilines is 1. The second-order valence-corrected chi connectivity index (χ2v) is 6.70. The van der Waals surface area contributed by atoms with Crippen LogP contribution >= 0.6 is 0 Å². The quantitative estimate of drug-likeness (QED) is 0.537. The lowest BCUT2D eigenvalue weighted by Gasteiger charge is -2.19. The van der Waals surface area contributed by atoms with Crippen molar-refractivity contribution < 1.29 is 9.13 Å². The van der Waals surface area contributed by atoms with Gasteiger partial charge in [-0.05, 0) is 45.0 Å². The Bertz CT molecular complexity index is 1130. The highest BCUT2D eigenvalue weighted by molar-refractivity contribution is 5.70. The van der Waals surface area contributed by atoms with E-state index in [4.69, 9.17) is 10.5 Å². The first-order valence-electron chi connectivity index (χ1n) is 9.04. The topological polar surface area (TPSA) is 108 Å². The summed E-state index contributed by atoms with van der Waals surface area (Å²) >= 11 is 0. The van der Waals surface area contributed by atoms with E-state index in [-0.39, 0.29) is 11.6 Å². The van der Waals surface area contributed by atoms with E-state index in [0.717, 1.165) is 22.5 Å². The molecule has 0 unspecified atom stereocenters. The number of aromatic amines is 1. The minimum Gasteiger partial charge on any atom is -0.482 e. The van der Waals surface area contributed by atoms with Crippen molar-refractivity contribution in [3.8, 4) is 22.6 Å². The maximum absolute atomic E-state index is 14.0. The monoisotopic (exact) mass is 393 g/mol. The van der Waals surface area contributed by atoms with Crippen LogP contribution in [0, 0.1) is 19.7 Å². The number of hydrogen-bond donors (Lipinski definition) is 2. The zero-order valence-corrected chi connectivity index (χ0v) is 16.2. The molecule has 29 heavy (non-hydrogen) atoms. The number of nitrogen functional groups attached to an aromatic ring is 1. The molecule has 3 heterocycles. The highest BCUT2D eigenvalue weighted by Gasteiger charge is 2.19. The number of benzene rings is 1. The second-order valence-electron chi connectivity index (χ2n) is 6.70. The summed E-state index contributed by atoms with van der Waals surface area (Å²) in [7, 11) is 0. The maximum atomic E-state index is 14.0. The van der Waals surface area contributed by atoms with Gasteiger partial charge in [-0.1, -0.05) is 0 Å². The van der Waals surface area contributed by atoms with Gasteiger partial charge in [0.25, 0.3) is 0 Å². The Balaban J connectivity index is 1.70. The third-order valence-corrected chi connectivity index (χ3v) is 4.66. The standard InChI is InChI=1S/C20H20FN7O/c1-11-19(12(2)27-26-11)14-8-18(20(22)23-10-14)29-13(3)16-9-15(21)4-5-17(16)28-24-6-7-25-28/h4-10,13H,1-3H3,(H2,22,23)(H,26,27)/t13-/m1/s1. The number of nitrogens with one attached hydrogen (secondary N) is 1. The van der Waals surface area contributed by atoms with Crippen molar-refractivity contribution in [1.29, 1.82) is 0 Å². The SMILES string of the molecule is Cc1n[nH]c(C)c1-c1cnc(N)c(O[C@H](C)c2cc(F)ccc2-n2nccn2)c1. The summed E-state index contributed by atoms with van der Waals surface area (Å²) in [6.45, 7) is 5.65. The van der Waals surface area contributed by atoms with E-state index in [1.807, 2.05) is 26.8 Å². The van der Waals surface area contributed by atoms with Crippen LogP contribution in [0.5, 0.6) is 5.75 Å². The molecule has 0 radical (unpaired) electrons. The van der Waals surface area contributed by atoms with Crippen molar-refractivity contribution in [1.82, 2.24) is 30.2 Å². The number of pyridine rings is 1. The predicted molar refractivity (Wildman–Crippen MR) is 106 cm³/mol. The molecule has 0 saturated heterocycles. The molecular weight excluding hydrogens is 373 g/mol. The lowest BCUT2D eigenvalue weighted by Crippen LogP contribution is -2.11. The van der Waals surface area contributed by atoms with Crippen LogP contribution in [0.1, 0.15) is 30.0 Å². The number of rotatable bonds is 5. The zero-order chi connectivity index (χ0) is 20.5. The number of halogens is 1. The molecule has 1 atom stereocenters. The smallest absolute Gasteiger partial charge is 0.166 e. The fourth-order valence-corrected chi connectivity index (χ4v) is 3.29. The number of ether oxygens (including phenoxy) is 1. The van der Waals surface area contributed by atoms with E-state index in [1.54, 1.807) is 24.7 Å². The molecule has 0 aliphatic rings. The molecule has 0 spiro atoms. The van der Waals surface area contributed by atoms with Crippen molar-refractivity contribution in [2.45, 2.75) is 26.9 Å². The Labute approximate surface area is 166 Å². The minimum absolute atomic E-state index is 0.245. The molecule has 1 aromatic carbocycles. The highest BCUT2D eigenvalue weighted by atomic mass is 19.1. The van der Waals surface area contributed by atoms with Gasteiger partial charge in [-0.2, -0.15) is 20.1 Å². The fraction of sp³-hybridized carbons (Fsp3) is 0.200. The molecule has 8 nitrogen and oxygen atoms in total. The van der Waals surface area contributed by atoms with Crippen LogP contribution in [0.25, 0.3) is 16.8 Å². The van der Waals surface area contributed by atoms with E-state index in [0.29, 0.717) is 17.0 Å². The molecule has 148 valence electrons. The third kappa shape index (κ3) is 3.54. The van der Waals surface area contributed by atoms with Gasteiger partial charge >= 0.3 is 0 Å².